The van der Waals surface area contributed by atoms with E-state index in [1.807, 2.05) is 0 Å². The Morgan fingerprint density at radius 2 is 0.573 bits per heavy atom. The van der Waals surface area contributed by atoms with Crippen LogP contribution in [0.5, 0.6) is 23.0 Å². The van der Waals surface area contributed by atoms with Crippen molar-refractivity contribution in [3.05, 3.63) is 273 Å². The first-order valence-electron chi connectivity index (χ1n) is 31.0. The summed E-state index contributed by atoms with van der Waals surface area (Å²) in [5, 5.41) is 2.56. The Kier molecular flexibility index (Phi) is 8.87. The molecule has 0 saturated carbocycles. The summed E-state index contributed by atoms with van der Waals surface area (Å²) in [5.74, 6) is 3.53. The number of aromatic nitrogens is 1. The maximum absolute atomic E-state index is 7.39. The van der Waals surface area contributed by atoms with Gasteiger partial charge < -0.3 is 33.6 Å². The maximum atomic E-state index is 7.39. The Hall–Kier alpha value is -11.3. The van der Waals surface area contributed by atoms with Crippen LogP contribution in [0.4, 0.5) is 68.2 Å². The van der Waals surface area contributed by atoms with Crippen LogP contribution in [0.15, 0.2) is 273 Å². The van der Waals surface area contributed by atoms with Gasteiger partial charge in [-0.25, -0.2) is 0 Å². The minimum absolute atomic E-state index is 0.0796. The first-order valence-corrected chi connectivity index (χ1v) is 31.0. The minimum atomic E-state index is -0.130. The average molecular weight is 1130 g/mol. The molecule has 0 bridgehead atoms. The Bertz CT molecular complexity index is 5190. The summed E-state index contributed by atoms with van der Waals surface area (Å²) < 4.78 is 17.5. The second kappa shape index (κ2) is 16.8. The van der Waals surface area contributed by atoms with Gasteiger partial charge in [0.15, 0.2) is 0 Å². The van der Waals surface area contributed by atoms with Crippen molar-refractivity contribution in [1.29, 1.82) is 0 Å². The normalized spacial score (nSPS) is 14.5. The molecule has 0 spiro atoms. The molecule has 8 aliphatic heterocycles. The molecule has 89 heavy (non-hydrogen) atoms. The van der Waals surface area contributed by atoms with Crippen molar-refractivity contribution in [1.82, 2.24) is 4.57 Å². The second-order valence-electron chi connectivity index (χ2n) is 24.9. The van der Waals surface area contributed by atoms with Crippen LogP contribution < -0.4 is 94.6 Å². The fourth-order valence-electron chi connectivity index (χ4n) is 17.6. The number of benzene rings is 13. The van der Waals surface area contributed by atoms with E-state index in [0.29, 0.717) is 0 Å². The molecule has 14 aromatic rings. The van der Waals surface area contributed by atoms with E-state index in [1.54, 1.807) is 0 Å². The molecular weight excluding hydrogens is 1080 g/mol. The lowest BCUT2D eigenvalue weighted by Gasteiger charge is -2.47. The van der Waals surface area contributed by atoms with Gasteiger partial charge in [-0.15, -0.1) is 0 Å². The van der Waals surface area contributed by atoms with Crippen LogP contribution in [0.3, 0.4) is 0 Å². The number of anilines is 12. The molecule has 0 atom stereocenters. The topological polar surface area (TPSA) is 36.4 Å². The van der Waals surface area contributed by atoms with Crippen LogP contribution in [0.25, 0.3) is 27.5 Å². The van der Waals surface area contributed by atoms with E-state index < -0.39 is 0 Å². The third-order valence-corrected chi connectivity index (χ3v) is 20.8. The molecule has 1 aromatic heterocycles. The highest BCUT2D eigenvalue weighted by Gasteiger charge is 2.53. The molecule has 22 rings (SSSR count). The standard InChI is InChI=1S/C78H45B4N5O2/c1-5-21-46(22-6-1)83-60-35-15-13-31-52(60)79-58-41-56-64(44-70(58)88-68-39-19-37-62(83)72(68)79)85(48-25-9-3-10-26-48)66-43-67-75-78-74(66)81(56)54-33-17-29-50-51-30-18-34-55(77(51)87(78)76(50)54)82(75)57-42-59-71(45-65(57)86(67)49-27-11-4-12-28-49)89-69-40-20-38-63-73(69)80(59)53-32-14-16-36-61(53)84(63)47-23-7-2-8-24-47/h1-45H. The minimum Gasteiger partial charge on any atom is -0.458 e. The van der Waals surface area contributed by atoms with Crippen LogP contribution in [-0.4, -0.2) is 31.4 Å². The zero-order chi connectivity index (χ0) is 57.5. The molecule has 0 fully saturated rings. The van der Waals surface area contributed by atoms with Crippen molar-refractivity contribution < 1.29 is 9.47 Å². The van der Waals surface area contributed by atoms with Gasteiger partial charge in [0, 0.05) is 108 Å². The van der Waals surface area contributed by atoms with Crippen molar-refractivity contribution in [3.63, 3.8) is 0 Å². The van der Waals surface area contributed by atoms with E-state index in [-0.39, 0.29) is 26.9 Å². The monoisotopic (exact) mass is 1130 g/mol. The molecule has 11 heteroatoms. The predicted octanol–water partition coefficient (Wildman–Crippen LogP) is 10.8. The zero-order valence-electron chi connectivity index (χ0n) is 47.8. The van der Waals surface area contributed by atoms with Crippen LogP contribution in [0.2, 0.25) is 0 Å². The Labute approximate surface area is 514 Å². The van der Waals surface area contributed by atoms with E-state index in [0.717, 1.165) is 79.9 Å². The fourth-order valence-corrected chi connectivity index (χ4v) is 17.6. The molecule has 406 valence electrons. The van der Waals surface area contributed by atoms with Gasteiger partial charge in [0.1, 0.15) is 23.0 Å². The first kappa shape index (κ1) is 46.9. The third kappa shape index (κ3) is 5.84. The Morgan fingerprint density at radius 3 is 1.00 bits per heavy atom. The van der Waals surface area contributed by atoms with E-state index in [2.05, 4.69) is 297 Å². The van der Waals surface area contributed by atoms with Crippen LogP contribution >= 0.6 is 0 Å². The number of fused-ring (bicyclic) bond motifs is 15. The van der Waals surface area contributed by atoms with Gasteiger partial charge in [-0.1, -0.05) is 170 Å². The molecule has 0 radical (unpaired) electrons. The molecule has 0 amide bonds. The highest BCUT2D eigenvalue weighted by molar-refractivity contribution is 7.06. The lowest BCUT2D eigenvalue weighted by atomic mass is 9.28. The smallest absolute Gasteiger partial charge is 0.256 e. The van der Waals surface area contributed by atoms with Crippen LogP contribution in [0.1, 0.15) is 0 Å². The molecular formula is C78H45B4N5O2. The van der Waals surface area contributed by atoms with E-state index >= 15 is 0 Å². The lowest BCUT2D eigenvalue weighted by Crippen LogP contribution is -2.68. The van der Waals surface area contributed by atoms with Crippen molar-refractivity contribution in [2.45, 2.75) is 0 Å². The number of para-hydroxylation sites is 8. The number of rotatable bonds is 4. The van der Waals surface area contributed by atoms with E-state index in [1.165, 1.54) is 104 Å². The highest BCUT2D eigenvalue weighted by atomic mass is 16.5. The second-order valence-corrected chi connectivity index (χ2v) is 24.9. The van der Waals surface area contributed by atoms with Gasteiger partial charge in [0.25, 0.3) is 26.9 Å². The van der Waals surface area contributed by atoms with Gasteiger partial charge in [-0.3, -0.25) is 0 Å². The highest BCUT2D eigenvalue weighted by Crippen LogP contribution is 2.50. The Morgan fingerprint density at radius 1 is 0.225 bits per heavy atom. The van der Waals surface area contributed by atoms with Crippen molar-refractivity contribution in [3.8, 4) is 28.7 Å². The van der Waals surface area contributed by atoms with E-state index in [9.17, 15) is 0 Å². The van der Waals surface area contributed by atoms with Crippen molar-refractivity contribution >= 4 is 182 Å². The van der Waals surface area contributed by atoms with Gasteiger partial charge in [-0.2, -0.15) is 0 Å². The van der Waals surface area contributed by atoms with Gasteiger partial charge in [0.05, 0.1) is 0 Å². The summed E-state index contributed by atoms with van der Waals surface area (Å²) in [6.07, 6.45) is 0. The summed E-state index contributed by atoms with van der Waals surface area (Å²) in [7, 11) is 0. The SMILES string of the molecule is c1ccc(N2c3ccccc3B3c4cc5c(cc4Oc4cccc2c43)N(c2ccccc2)c2cc3c4c6c2B5c2cccc5c7cccc(c7n-6c25)B4c2cc4c(cc2N3c2ccccc2)Oc2cccc3c2B4c2ccccc2N3c2ccccc2)cc1. The number of hydrogen-bond acceptors (Lipinski definition) is 6. The molecule has 0 saturated heterocycles. The predicted molar refractivity (Wildman–Crippen MR) is 371 cm³/mol. The number of ether oxygens (including phenoxy) is 2. The largest absolute Gasteiger partial charge is 0.458 e. The molecule has 13 aromatic carbocycles. The summed E-state index contributed by atoms with van der Waals surface area (Å²) >= 11 is 0. The van der Waals surface area contributed by atoms with Crippen molar-refractivity contribution in [2.75, 3.05) is 19.6 Å². The summed E-state index contributed by atoms with van der Waals surface area (Å²) in [6.45, 7) is -0.420. The number of nitrogens with zero attached hydrogens (tertiary/aromatic N) is 5. The summed E-state index contributed by atoms with van der Waals surface area (Å²) in [4.78, 5) is 9.97. The first-order chi connectivity index (χ1) is 44.2. The zero-order valence-corrected chi connectivity index (χ0v) is 47.8. The molecule has 0 aliphatic carbocycles. The number of hydrogen-bond donors (Lipinski definition) is 0. The van der Waals surface area contributed by atoms with Gasteiger partial charge >= 0.3 is 0 Å². The maximum Gasteiger partial charge on any atom is 0.256 e. The quantitative estimate of drug-likeness (QED) is 0.164. The molecule has 9 heterocycles. The average Bonchev–Trinajstić information content (AvgIpc) is 1.02. The molecule has 8 aliphatic rings. The fraction of sp³-hybridized carbons (Fsp3) is 0. The molecule has 0 unspecified atom stereocenters. The summed E-state index contributed by atoms with van der Waals surface area (Å²) in [5.41, 5.74) is 32.6. The van der Waals surface area contributed by atoms with E-state index in [4.69, 9.17) is 9.47 Å². The molecule has 7 nitrogen and oxygen atoms in total. The van der Waals surface area contributed by atoms with Gasteiger partial charge in [0.2, 0.25) is 0 Å². The Balaban J connectivity index is 0.834. The van der Waals surface area contributed by atoms with Crippen LogP contribution in [-0.2, 0) is 0 Å². The molecule has 0 N–H and O–H groups in total. The summed E-state index contributed by atoms with van der Waals surface area (Å²) in [6, 6.07) is 102. The van der Waals surface area contributed by atoms with Crippen molar-refractivity contribution in [2.24, 2.45) is 0 Å². The van der Waals surface area contributed by atoms with Crippen LogP contribution in [0, 0.1) is 0 Å². The lowest BCUT2D eigenvalue weighted by molar-refractivity contribution is 0.487. The van der Waals surface area contributed by atoms with Gasteiger partial charge in [-0.05, 0) is 157 Å². The third-order valence-electron chi connectivity index (χ3n) is 20.8.